The molecule has 0 spiro atoms. The highest BCUT2D eigenvalue weighted by Crippen LogP contribution is 2.16. The molecule has 0 aliphatic heterocycles. The van der Waals surface area contributed by atoms with Crippen LogP contribution in [0, 0.1) is 0 Å². The van der Waals surface area contributed by atoms with Crippen LogP contribution >= 0.6 is 0 Å². The maximum Gasteiger partial charge on any atom is 0.108 e. The highest BCUT2D eigenvalue weighted by Gasteiger charge is 2.05. The lowest BCUT2D eigenvalue weighted by Crippen LogP contribution is -2.00. The molecule has 1 heterocycles. The quantitative estimate of drug-likeness (QED) is 0.743. The summed E-state index contributed by atoms with van der Waals surface area (Å²) in [6.07, 6.45) is 3.74. The molecule has 0 radical (unpaired) electrons. The second kappa shape index (κ2) is 3.43. The van der Waals surface area contributed by atoms with Crippen LogP contribution in [0.3, 0.4) is 0 Å². The predicted octanol–water partition coefficient (Wildman–Crippen LogP) is 2.15. The van der Waals surface area contributed by atoms with E-state index in [1.54, 1.807) is 6.08 Å². The molecule has 1 aromatic heterocycles. The monoisotopic (exact) mass is 165 g/mol. The number of nitrogens with one attached hydrogen (secondary N) is 1. The van der Waals surface area contributed by atoms with Crippen molar-refractivity contribution in [3.05, 3.63) is 18.5 Å². The summed E-state index contributed by atoms with van der Waals surface area (Å²) >= 11 is 0. The van der Waals surface area contributed by atoms with Gasteiger partial charge in [0.2, 0.25) is 0 Å². The maximum atomic E-state index is 4.34. The minimum atomic E-state index is 0.394. The Labute approximate surface area is 73.1 Å². The largest absolute Gasteiger partial charge is 0.385 e. The fraction of sp³-hybridized carbons (Fsp3) is 0.444. The molecule has 0 aromatic carbocycles. The van der Waals surface area contributed by atoms with E-state index < -0.39 is 0 Å². The number of nitrogens with zero attached hydrogens (tertiary/aromatic N) is 2. The van der Waals surface area contributed by atoms with Crippen LogP contribution in [0.25, 0.3) is 6.08 Å². The van der Waals surface area contributed by atoms with Gasteiger partial charge in [0.25, 0.3) is 0 Å². The van der Waals surface area contributed by atoms with Gasteiger partial charge >= 0.3 is 0 Å². The molecule has 1 rings (SSSR count). The first-order chi connectivity index (χ1) is 5.69. The van der Waals surface area contributed by atoms with Gasteiger partial charge in [-0.15, -0.1) is 0 Å². The molecule has 0 bridgehead atoms. The smallest absolute Gasteiger partial charge is 0.108 e. The van der Waals surface area contributed by atoms with Gasteiger partial charge in [-0.05, 0) is 19.9 Å². The summed E-state index contributed by atoms with van der Waals surface area (Å²) in [6.45, 7) is 7.89. The van der Waals surface area contributed by atoms with Crippen LogP contribution in [0.15, 0.2) is 12.8 Å². The molecular weight excluding hydrogens is 150 g/mol. The van der Waals surface area contributed by atoms with Crippen LogP contribution in [0.2, 0.25) is 0 Å². The molecule has 0 unspecified atom stereocenters. The Morgan fingerprint density at radius 3 is 2.67 bits per heavy atom. The van der Waals surface area contributed by atoms with Gasteiger partial charge in [0.15, 0.2) is 0 Å². The molecule has 0 amide bonds. The van der Waals surface area contributed by atoms with Gasteiger partial charge in [-0.1, -0.05) is 6.58 Å². The van der Waals surface area contributed by atoms with Crippen LogP contribution in [0.5, 0.6) is 0 Å². The molecule has 0 aliphatic carbocycles. The number of hydrogen-bond acceptors (Lipinski definition) is 2. The second-order valence-electron chi connectivity index (χ2n) is 2.96. The predicted molar refractivity (Wildman–Crippen MR) is 52.2 cm³/mol. The van der Waals surface area contributed by atoms with Gasteiger partial charge in [-0.25, -0.2) is 0 Å². The minimum absolute atomic E-state index is 0.394. The molecule has 1 aromatic rings. The number of aromatic nitrogens is 2. The molecule has 66 valence electrons. The van der Waals surface area contributed by atoms with Crippen LogP contribution in [0.1, 0.15) is 25.6 Å². The van der Waals surface area contributed by atoms with E-state index in [4.69, 9.17) is 0 Å². The SMILES string of the molecule is C=Cc1nn(C(C)C)cc1NC. The number of rotatable bonds is 3. The van der Waals surface area contributed by atoms with E-state index in [2.05, 4.69) is 30.8 Å². The summed E-state index contributed by atoms with van der Waals surface area (Å²) in [7, 11) is 1.88. The van der Waals surface area contributed by atoms with Crippen LogP contribution in [-0.4, -0.2) is 16.8 Å². The van der Waals surface area contributed by atoms with Gasteiger partial charge in [-0.2, -0.15) is 5.10 Å². The molecule has 0 aliphatic rings. The zero-order valence-corrected chi connectivity index (χ0v) is 7.83. The second-order valence-corrected chi connectivity index (χ2v) is 2.96. The van der Waals surface area contributed by atoms with Crippen LogP contribution in [0.4, 0.5) is 5.69 Å². The Kier molecular flexibility index (Phi) is 2.53. The molecule has 0 fully saturated rings. The molecule has 0 saturated heterocycles. The van der Waals surface area contributed by atoms with Crippen molar-refractivity contribution in [1.29, 1.82) is 0 Å². The summed E-state index contributed by atoms with van der Waals surface area (Å²) in [5.74, 6) is 0. The normalized spacial score (nSPS) is 10.3. The molecule has 3 nitrogen and oxygen atoms in total. The van der Waals surface area contributed by atoms with E-state index in [0.717, 1.165) is 11.4 Å². The van der Waals surface area contributed by atoms with Crippen molar-refractivity contribution >= 4 is 11.8 Å². The molecule has 3 heteroatoms. The third-order valence-corrected chi connectivity index (χ3v) is 1.75. The zero-order chi connectivity index (χ0) is 9.14. The zero-order valence-electron chi connectivity index (χ0n) is 7.83. The number of anilines is 1. The summed E-state index contributed by atoms with van der Waals surface area (Å²) in [6, 6.07) is 0.394. The summed E-state index contributed by atoms with van der Waals surface area (Å²) in [5, 5.41) is 7.40. The van der Waals surface area contributed by atoms with Crippen molar-refractivity contribution in [2.24, 2.45) is 0 Å². The Balaban J connectivity index is 3.05. The van der Waals surface area contributed by atoms with Crippen molar-refractivity contribution in [1.82, 2.24) is 9.78 Å². The Bertz CT molecular complexity index is 273. The molecule has 0 atom stereocenters. The van der Waals surface area contributed by atoms with Gasteiger partial charge in [0.05, 0.1) is 5.69 Å². The van der Waals surface area contributed by atoms with E-state index in [0.29, 0.717) is 6.04 Å². The summed E-state index contributed by atoms with van der Waals surface area (Å²) < 4.78 is 1.92. The van der Waals surface area contributed by atoms with Crippen molar-refractivity contribution in [2.75, 3.05) is 12.4 Å². The fourth-order valence-corrected chi connectivity index (χ4v) is 1.01. The van der Waals surface area contributed by atoms with E-state index in [1.165, 1.54) is 0 Å². The summed E-state index contributed by atoms with van der Waals surface area (Å²) in [4.78, 5) is 0. The lowest BCUT2D eigenvalue weighted by atomic mass is 10.3. The van der Waals surface area contributed by atoms with Gasteiger partial charge in [0.1, 0.15) is 5.69 Å². The van der Waals surface area contributed by atoms with Gasteiger partial charge < -0.3 is 5.32 Å². The number of hydrogen-bond donors (Lipinski definition) is 1. The molecular formula is C9H15N3. The highest BCUT2D eigenvalue weighted by atomic mass is 15.3. The average Bonchev–Trinajstić information content (AvgIpc) is 2.46. The van der Waals surface area contributed by atoms with E-state index in [1.807, 2.05) is 17.9 Å². The first-order valence-corrected chi connectivity index (χ1v) is 4.08. The fourth-order valence-electron chi connectivity index (χ4n) is 1.01. The lowest BCUT2D eigenvalue weighted by molar-refractivity contribution is 0.531. The van der Waals surface area contributed by atoms with Crippen molar-refractivity contribution < 1.29 is 0 Å². The van der Waals surface area contributed by atoms with Crippen LogP contribution in [-0.2, 0) is 0 Å². The standard InChI is InChI=1S/C9H15N3/c1-5-8-9(10-4)6-12(11-8)7(2)3/h5-7,10H,1H2,2-4H3. The van der Waals surface area contributed by atoms with Crippen molar-refractivity contribution in [3.8, 4) is 0 Å². The maximum absolute atomic E-state index is 4.34. The topological polar surface area (TPSA) is 29.9 Å². The third-order valence-electron chi connectivity index (χ3n) is 1.75. The van der Waals surface area contributed by atoms with E-state index >= 15 is 0 Å². The van der Waals surface area contributed by atoms with Crippen LogP contribution < -0.4 is 5.32 Å². The average molecular weight is 165 g/mol. The molecule has 1 N–H and O–H groups in total. The molecule has 12 heavy (non-hydrogen) atoms. The van der Waals surface area contributed by atoms with E-state index in [-0.39, 0.29) is 0 Å². The Hall–Kier alpha value is -1.25. The lowest BCUT2D eigenvalue weighted by Gasteiger charge is -2.02. The molecule has 0 saturated carbocycles. The minimum Gasteiger partial charge on any atom is -0.385 e. The highest BCUT2D eigenvalue weighted by molar-refractivity contribution is 5.60. The summed E-state index contributed by atoms with van der Waals surface area (Å²) in [5.41, 5.74) is 1.94. The third kappa shape index (κ3) is 1.49. The Morgan fingerprint density at radius 2 is 2.33 bits per heavy atom. The van der Waals surface area contributed by atoms with Gasteiger partial charge in [0, 0.05) is 19.3 Å². The Morgan fingerprint density at radius 1 is 1.67 bits per heavy atom. The van der Waals surface area contributed by atoms with Gasteiger partial charge in [-0.3, -0.25) is 4.68 Å². The van der Waals surface area contributed by atoms with E-state index in [9.17, 15) is 0 Å². The van der Waals surface area contributed by atoms with Crippen molar-refractivity contribution in [3.63, 3.8) is 0 Å². The van der Waals surface area contributed by atoms with Crippen molar-refractivity contribution in [2.45, 2.75) is 19.9 Å². The first-order valence-electron chi connectivity index (χ1n) is 4.08. The first kappa shape index (κ1) is 8.84.